The molecule has 12 nitrogen and oxygen atoms in total. The predicted molar refractivity (Wildman–Crippen MR) is 182 cm³/mol. The van der Waals surface area contributed by atoms with Crippen LogP contribution in [-0.2, 0) is 56.2 Å². The van der Waals surface area contributed by atoms with E-state index >= 15 is 0 Å². The van der Waals surface area contributed by atoms with Crippen molar-refractivity contribution in [2.75, 3.05) is 28.7 Å². The fraction of sp³-hybridized carbons (Fsp3) is 0.344. The third kappa shape index (κ3) is 12.2. The Hall–Kier alpha value is -2.98. The molecule has 0 aromatic heterocycles. The summed E-state index contributed by atoms with van der Waals surface area (Å²) in [5.74, 6) is -2.55. The number of allylic oxidation sites excluding steroid dienone is 6. The smallest absolute Gasteiger partial charge is 0.262 e. The van der Waals surface area contributed by atoms with Gasteiger partial charge in [0.15, 0.2) is 0 Å². The molecule has 48 heavy (non-hydrogen) atoms. The van der Waals surface area contributed by atoms with Crippen molar-refractivity contribution in [3.63, 3.8) is 0 Å². The van der Waals surface area contributed by atoms with Crippen molar-refractivity contribution in [3.8, 4) is 0 Å². The van der Waals surface area contributed by atoms with Crippen molar-refractivity contribution >= 4 is 46.5 Å². The van der Waals surface area contributed by atoms with Crippen molar-refractivity contribution in [1.29, 1.82) is 0 Å². The van der Waals surface area contributed by atoms with Crippen LogP contribution < -0.4 is 4.90 Å². The Labute approximate surface area is 290 Å². The summed E-state index contributed by atoms with van der Waals surface area (Å²) in [5.41, 5.74) is 1.29. The minimum absolute atomic E-state index is 0.0649. The van der Waals surface area contributed by atoms with E-state index in [-0.39, 0.29) is 45.4 Å². The molecule has 0 radical (unpaired) electrons. The van der Waals surface area contributed by atoms with Crippen LogP contribution in [0.5, 0.6) is 0 Å². The molecule has 0 fully saturated rings. The van der Waals surface area contributed by atoms with Crippen molar-refractivity contribution in [3.05, 3.63) is 108 Å². The maximum absolute atomic E-state index is 11.9. The molecule has 3 rings (SSSR count). The van der Waals surface area contributed by atoms with Gasteiger partial charge in [0.2, 0.25) is 0 Å². The second-order valence-electron chi connectivity index (χ2n) is 11.5. The van der Waals surface area contributed by atoms with Gasteiger partial charge in [0.1, 0.15) is 0 Å². The largest absolute Gasteiger partial charge is 0.342 e. The average Bonchev–Trinajstić information content (AvgIpc) is 3.16. The quantitative estimate of drug-likeness (QED) is 0.0924. The van der Waals surface area contributed by atoms with Crippen molar-refractivity contribution < 1.29 is 63.8 Å². The number of rotatable bonds is 14. The second kappa shape index (κ2) is 16.6. The monoisotopic (exact) mass is 767 g/mol. The molecule has 1 aliphatic heterocycles. The number of hydrogen-bond donors (Lipinski definition) is 4. The Balaban J connectivity index is 0.00000103. The van der Waals surface area contributed by atoms with E-state index < -0.39 is 47.5 Å². The van der Waals surface area contributed by atoms with Crippen LogP contribution in [0.1, 0.15) is 55.1 Å². The average molecular weight is 769 g/mol. The zero-order valence-corrected chi connectivity index (χ0v) is 29.9. The summed E-state index contributed by atoms with van der Waals surface area (Å²) in [7, 11) is -12.3. The predicted octanol–water partition coefficient (Wildman–Crippen LogP) is 4.22. The van der Waals surface area contributed by atoms with Gasteiger partial charge < -0.3 is 6.92 Å². The van der Waals surface area contributed by atoms with Gasteiger partial charge >= 0.3 is 237 Å². The summed E-state index contributed by atoms with van der Waals surface area (Å²) in [6.45, 7) is 9.24. The van der Waals surface area contributed by atoms with Crippen LogP contribution in [0.15, 0.2) is 78.5 Å². The normalized spacial score (nSPS) is 16.9. The molecule has 0 aliphatic carbocycles. The Morgan fingerprint density at radius 3 is 2.15 bits per heavy atom. The summed E-state index contributed by atoms with van der Waals surface area (Å²) in [4.78, 5) is 13.5. The molecule has 0 bridgehead atoms. The number of carboxylic acid groups (broad SMARTS) is 1. The topological polar surface area (TPSA) is 204 Å². The van der Waals surface area contributed by atoms with Gasteiger partial charge in [-0.3, -0.25) is 9.11 Å². The summed E-state index contributed by atoms with van der Waals surface area (Å²) < 4.78 is 92.6. The Morgan fingerprint density at radius 2 is 1.60 bits per heavy atom. The van der Waals surface area contributed by atoms with Gasteiger partial charge in [0.05, 0.1) is 0 Å². The van der Waals surface area contributed by atoms with Gasteiger partial charge in [-0.25, -0.2) is 0 Å². The first kappa shape index (κ1) is 41.2. The molecule has 0 amide bonds. The molecule has 1 heterocycles. The van der Waals surface area contributed by atoms with E-state index in [1.807, 2.05) is 35.2 Å². The van der Waals surface area contributed by atoms with Crippen molar-refractivity contribution in [2.24, 2.45) is 0 Å². The number of anilines is 1. The molecule has 1 atom stereocenters. The van der Waals surface area contributed by atoms with Crippen LogP contribution in [0.4, 0.5) is 5.69 Å². The summed E-state index contributed by atoms with van der Waals surface area (Å²) in [6, 6.07) is 14.7. The maximum Gasteiger partial charge on any atom is 0.262 e. The van der Waals surface area contributed by atoms with Gasteiger partial charge in [-0.05, 0) is 0 Å². The number of nitrogens with zero attached hydrogens (tertiary/aromatic N) is 1. The zero-order valence-electron chi connectivity index (χ0n) is 26.5. The van der Waals surface area contributed by atoms with Crippen LogP contribution in [-0.4, -0.2) is 78.3 Å². The van der Waals surface area contributed by atoms with Gasteiger partial charge in [0, 0.05) is 5.75 Å². The van der Waals surface area contributed by atoms with E-state index in [0.29, 0.717) is 6.54 Å². The SMILES string of the molecule is CC(CS(=O)(=O)O)([C](=[Ni])/C=C/C=C/C=C1/N(CCCS(=O)(=O)O)c2ccccc2C1(C)C)c1[c-]ccc(C(=O)O)c1.[CH2-]CCS(=O)(=O)O. The number of hydrogen-bond acceptors (Lipinski definition) is 8. The van der Waals surface area contributed by atoms with Crippen molar-refractivity contribution in [1.82, 2.24) is 0 Å². The fourth-order valence-corrected chi connectivity index (χ4v) is 7.36. The van der Waals surface area contributed by atoms with E-state index in [2.05, 4.69) is 26.8 Å². The molecule has 0 spiro atoms. The van der Waals surface area contributed by atoms with Gasteiger partial charge in [-0.2, -0.15) is 23.3 Å². The molecule has 16 heteroatoms. The van der Waals surface area contributed by atoms with Crippen molar-refractivity contribution in [2.45, 2.75) is 44.4 Å². The van der Waals surface area contributed by atoms with Gasteiger partial charge in [-0.1, -0.05) is 0 Å². The first-order valence-electron chi connectivity index (χ1n) is 14.3. The third-order valence-corrected chi connectivity index (χ3v) is 10.6. The van der Waals surface area contributed by atoms with E-state index in [4.69, 9.17) is 24.1 Å². The number of fused-ring (bicyclic) bond motifs is 1. The molecule has 4 N–H and O–H groups in total. The number of carboxylic acids is 1. The van der Waals surface area contributed by atoms with Crippen LogP contribution in [0.25, 0.3) is 0 Å². The maximum atomic E-state index is 11.9. The Bertz CT molecular complexity index is 1920. The van der Waals surface area contributed by atoms with Crippen LogP contribution in [0.2, 0.25) is 0 Å². The number of carbonyl (C=O) groups is 1. The van der Waals surface area contributed by atoms with Gasteiger partial charge in [0.25, 0.3) is 10.1 Å². The van der Waals surface area contributed by atoms with E-state index in [1.54, 1.807) is 18.2 Å². The summed E-state index contributed by atoms with van der Waals surface area (Å²) in [6.07, 6.45) is 8.97. The first-order chi connectivity index (χ1) is 22.0. The number of benzene rings is 2. The Morgan fingerprint density at radius 1 is 0.979 bits per heavy atom. The molecular formula is C32H39NNiO11S3-2. The van der Waals surface area contributed by atoms with Crippen LogP contribution >= 0.6 is 0 Å². The summed E-state index contributed by atoms with van der Waals surface area (Å²) >= 11 is 5.15. The molecule has 1 unspecified atom stereocenters. The van der Waals surface area contributed by atoms with Crippen LogP contribution in [0, 0.1) is 13.0 Å². The van der Waals surface area contributed by atoms with Gasteiger partial charge in [-0.15, -0.1) is 0 Å². The number of para-hydroxylation sites is 1. The molecule has 2 aromatic rings. The van der Waals surface area contributed by atoms with Crippen LogP contribution in [0.3, 0.4) is 0 Å². The van der Waals surface area contributed by atoms with E-state index in [0.717, 1.165) is 16.9 Å². The minimum Gasteiger partial charge on any atom is -0.342 e. The fourth-order valence-electron chi connectivity index (χ4n) is 5.04. The van der Waals surface area contributed by atoms with E-state index in [9.17, 15) is 39.7 Å². The van der Waals surface area contributed by atoms with E-state index in [1.165, 1.54) is 31.2 Å². The molecule has 0 saturated heterocycles. The molecule has 2 aromatic carbocycles. The summed E-state index contributed by atoms with van der Waals surface area (Å²) in [5, 5.41) is 9.35. The standard InChI is InChI=1S/C29H32NO8S2.C3H7O3S.Ni/c1-28(2)24-14-7-8-15-25(24)30(18-11-19-39(33,34)35)26(28)16-6-4-5-9-17-29(3,21-40(36,37)38)23-13-10-12-22(20-23)27(31)32;1-2-3-7(4,5)6;/h4-10,12,14-16,20H,11,18-19,21H2,1-3H3,(H,31,32)(H,33,34,35)(H,36,37,38);1-3H2,(H,4,5,6);/q2*-1;/b6-4+,9-5+,26-16+;;. The molecular weight excluding hydrogens is 729 g/mol. The molecule has 268 valence electrons. The minimum atomic E-state index is -4.49. The first-order valence-corrected chi connectivity index (χ1v) is 19.7. The zero-order chi connectivity index (χ0) is 36.6. The third-order valence-electron chi connectivity index (χ3n) is 7.30. The molecule has 0 saturated carbocycles. The molecule has 1 aliphatic rings. The Kier molecular flexibility index (Phi) is 14.3. The second-order valence-corrected chi connectivity index (χ2v) is 16.7. The number of aromatic carboxylic acids is 1.